The highest BCUT2D eigenvalue weighted by Crippen LogP contribution is 2.08. The third kappa shape index (κ3) is 11.2. The molecule has 22 heavy (non-hydrogen) atoms. The van der Waals surface area contributed by atoms with E-state index in [-0.39, 0.29) is 0 Å². The van der Waals surface area contributed by atoms with Crippen LogP contribution in [-0.2, 0) is 9.47 Å². The Morgan fingerprint density at radius 1 is 1.00 bits per heavy atom. The van der Waals surface area contributed by atoms with Crippen LogP contribution in [0, 0.1) is 0 Å². The number of rotatable bonds is 6. The first kappa shape index (κ1) is 20.5. The normalized spacial score (nSPS) is 11.8. The number of amides is 2. The Kier molecular flexibility index (Phi) is 8.18. The molecule has 0 bridgehead atoms. The molecule has 0 aromatic rings. The second kappa shape index (κ2) is 8.79. The predicted octanol–water partition coefficient (Wildman–Crippen LogP) is 1.21. The molecule has 2 amide bonds. The highest BCUT2D eigenvalue weighted by atomic mass is 16.6. The van der Waals surface area contributed by atoms with Gasteiger partial charge < -0.3 is 20.5 Å². The maximum atomic E-state index is 11.9. The highest BCUT2D eigenvalue weighted by molar-refractivity contribution is 5.68. The van der Waals surface area contributed by atoms with Crippen molar-refractivity contribution in [2.45, 2.75) is 52.7 Å². The quantitative estimate of drug-likeness (QED) is 0.502. The van der Waals surface area contributed by atoms with Crippen molar-refractivity contribution in [3.63, 3.8) is 0 Å². The maximum absolute atomic E-state index is 11.9. The lowest BCUT2D eigenvalue weighted by Gasteiger charge is -2.27. The third-order valence-corrected chi connectivity index (χ3v) is 2.06. The molecule has 0 saturated carbocycles. The van der Waals surface area contributed by atoms with Crippen LogP contribution in [0.25, 0.3) is 0 Å². The molecule has 8 heteroatoms. The molecule has 0 aromatic carbocycles. The van der Waals surface area contributed by atoms with E-state index in [1.807, 2.05) is 0 Å². The molecule has 4 N–H and O–H groups in total. The van der Waals surface area contributed by atoms with E-state index in [4.69, 9.17) is 15.2 Å². The monoisotopic (exact) mass is 318 g/mol. The Hall–Kier alpha value is -1.54. The molecule has 0 fully saturated rings. The molecule has 0 aliphatic carbocycles. The first-order valence-corrected chi connectivity index (χ1v) is 7.35. The summed E-state index contributed by atoms with van der Waals surface area (Å²) in [5.41, 5.74) is 7.22. The summed E-state index contributed by atoms with van der Waals surface area (Å²) in [7, 11) is 0. The summed E-state index contributed by atoms with van der Waals surface area (Å²) in [6.45, 7) is 12.0. The number of nitrogens with one attached hydrogen (secondary N) is 2. The van der Waals surface area contributed by atoms with Gasteiger partial charge in [-0.05, 0) is 41.5 Å². The van der Waals surface area contributed by atoms with Crippen molar-refractivity contribution >= 4 is 12.2 Å². The summed E-state index contributed by atoms with van der Waals surface area (Å²) in [6, 6.07) is 0. The lowest BCUT2D eigenvalue weighted by atomic mass is 10.2. The molecule has 0 heterocycles. The second-order valence-electron chi connectivity index (χ2n) is 6.76. The zero-order chi connectivity index (χ0) is 17.4. The SMILES string of the molecule is CC(C)(C)OC(=O)NCCNN(CCN)C(=O)OC(C)(C)C. The van der Waals surface area contributed by atoms with Crippen LogP contribution in [-0.4, -0.2) is 54.6 Å². The molecular formula is C14H30N4O4. The summed E-state index contributed by atoms with van der Waals surface area (Å²) in [4.78, 5) is 23.4. The van der Waals surface area contributed by atoms with Gasteiger partial charge in [-0.1, -0.05) is 0 Å². The summed E-state index contributed by atoms with van der Waals surface area (Å²) < 4.78 is 10.4. The highest BCUT2D eigenvalue weighted by Gasteiger charge is 2.21. The first-order chi connectivity index (χ1) is 9.94. The summed E-state index contributed by atoms with van der Waals surface area (Å²) in [5.74, 6) is 0. The van der Waals surface area contributed by atoms with Gasteiger partial charge in [0.2, 0.25) is 0 Å². The van der Waals surface area contributed by atoms with E-state index in [0.717, 1.165) is 0 Å². The molecule has 130 valence electrons. The molecule has 0 unspecified atom stereocenters. The van der Waals surface area contributed by atoms with Crippen LogP contribution in [0.1, 0.15) is 41.5 Å². The van der Waals surface area contributed by atoms with Crippen LogP contribution >= 0.6 is 0 Å². The number of carbonyl (C=O) groups excluding carboxylic acids is 2. The van der Waals surface area contributed by atoms with Crippen LogP contribution in [0.15, 0.2) is 0 Å². The van der Waals surface area contributed by atoms with E-state index in [1.165, 1.54) is 5.01 Å². The van der Waals surface area contributed by atoms with Crippen molar-refractivity contribution in [2.24, 2.45) is 5.73 Å². The van der Waals surface area contributed by atoms with Gasteiger partial charge in [0.1, 0.15) is 11.2 Å². The average Bonchev–Trinajstić information content (AvgIpc) is 2.28. The number of nitrogens with two attached hydrogens (primary N) is 1. The Balaban J connectivity index is 4.16. The van der Waals surface area contributed by atoms with E-state index in [2.05, 4.69) is 10.7 Å². The molecule has 0 saturated heterocycles. The van der Waals surface area contributed by atoms with Gasteiger partial charge >= 0.3 is 12.2 Å². The molecule has 0 spiro atoms. The first-order valence-electron chi connectivity index (χ1n) is 7.35. The van der Waals surface area contributed by atoms with Crippen LogP contribution in [0.4, 0.5) is 9.59 Å². The Morgan fingerprint density at radius 3 is 2.00 bits per heavy atom. The molecule has 0 radical (unpaired) electrons. The molecule has 0 rings (SSSR count). The summed E-state index contributed by atoms with van der Waals surface area (Å²) >= 11 is 0. The van der Waals surface area contributed by atoms with Crippen molar-refractivity contribution in [1.82, 2.24) is 15.8 Å². The van der Waals surface area contributed by atoms with Crippen molar-refractivity contribution < 1.29 is 19.1 Å². The van der Waals surface area contributed by atoms with Gasteiger partial charge in [-0.15, -0.1) is 0 Å². The number of hydrogen-bond acceptors (Lipinski definition) is 6. The van der Waals surface area contributed by atoms with Crippen LogP contribution in [0.3, 0.4) is 0 Å². The fraction of sp³-hybridized carbons (Fsp3) is 0.857. The largest absolute Gasteiger partial charge is 0.444 e. The molecule has 0 aromatic heterocycles. The van der Waals surface area contributed by atoms with Gasteiger partial charge in [0.05, 0.1) is 6.54 Å². The van der Waals surface area contributed by atoms with Gasteiger partial charge in [0, 0.05) is 19.6 Å². The van der Waals surface area contributed by atoms with E-state index in [0.29, 0.717) is 26.2 Å². The van der Waals surface area contributed by atoms with Crippen molar-refractivity contribution in [3.8, 4) is 0 Å². The number of nitrogens with zero attached hydrogens (tertiary/aromatic N) is 1. The average molecular weight is 318 g/mol. The van der Waals surface area contributed by atoms with Gasteiger partial charge in [0.15, 0.2) is 0 Å². The minimum atomic E-state index is -0.583. The molecule has 8 nitrogen and oxygen atoms in total. The van der Waals surface area contributed by atoms with Gasteiger partial charge in [-0.25, -0.2) is 20.0 Å². The minimum absolute atomic E-state index is 0.297. The zero-order valence-electron chi connectivity index (χ0n) is 14.5. The van der Waals surface area contributed by atoms with Crippen molar-refractivity contribution in [3.05, 3.63) is 0 Å². The number of carbonyl (C=O) groups is 2. The van der Waals surface area contributed by atoms with E-state index >= 15 is 0 Å². The fourth-order valence-electron chi connectivity index (χ4n) is 1.35. The number of ether oxygens (including phenoxy) is 2. The Morgan fingerprint density at radius 2 is 1.55 bits per heavy atom. The lowest BCUT2D eigenvalue weighted by molar-refractivity contribution is 0.0145. The maximum Gasteiger partial charge on any atom is 0.424 e. The molecule has 0 aliphatic heterocycles. The van der Waals surface area contributed by atoms with Gasteiger partial charge in [-0.3, -0.25) is 0 Å². The van der Waals surface area contributed by atoms with Crippen LogP contribution < -0.4 is 16.5 Å². The number of hydrogen-bond donors (Lipinski definition) is 3. The Bertz CT molecular complexity index is 361. The third-order valence-electron chi connectivity index (χ3n) is 2.06. The summed E-state index contributed by atoms with van der Waals surface area (Å²) in [5, 5.41) is 3.88. The lowest BCUT2D eigenvalue weighted by Crippen LogP contribution is -2.50. The van der Waals surface area contributed by atoms with Gasteiger partial charge in [0.25, 0.3) is 0 Å². The number of alkyl carbamates (subject to hydrolysis) is 1. The van der Waals surface area contributed by atoms with Crippen molar-refractivity contribution in [1.29, 1.82) is 0 Å². The second-order valence-corrected chi connectivity index (χ2v) is 6.76. The van der Waals surface area contributed by atoms with E-state index in [1.54, 1.807) is 41.5 Å². The van der Waals surface area contributed by atoms with Crippen molar-refractivity contribution in [2.75, 3.05) is 26.2 Å². The fourth-order valence-corrected chi connectivity index (χ4v) is 1.35. The van der Waals surface area contributed by atoms with Gasteiger partial charge in [-0.2, -0.15) is 0 Å². The summed E-state index contributed by atoms with van der Waals surface area (Å²) in [6.07, 6.45) is -1.01. The predicted molar refractivity (Wildman–Crippen MR) is 84.2 cm³/mol. The molecule has 0 atom stereocenters. The standard InChI is InChI=1S/C14H30N4O4/c1-13(2,3)21-11(19)16-8-9-17-18(10-7-15)12(20)22-14(4,5)6/h17H,7-10,15H2,1-6H3,(H,16,19). The van der Waals surface area contributed by atoms with Crippen LogP contribution in [0.5, 0.6) is 0 Å². The zero-order valence-corrected chi connectivity index (χ0v) is 14.5. The smallest absolute Gasteiger partial charge is 0.424 e. The van der Waals surface area contributed by atoms with E-state index in [9.17, 15) is 9.59 Å². The minimum Gasteiger partial charge on any atom is -0.444 e. The topological polar surface area (TPSA) is 106 Å². The molecular weight excluding hydrogens is 288 g/mol. The van der Waals surface area contributed by atoms with E-state index < -0.39 is 23.4 Å². The number of hydrazine groups is 1. The Labute approximate surface area is 132 Å². The molecule has 0 aliphatic rings. The van der Waals surface area contributed by atoms with Crippen LogP contribution in [0.2, 0.25) is 0 Å².